The molecule has 1 N–H and O–H groups in total. The second-order valence-corrected chi connectivity index (χ2v) is 9.96. The number of carbonyl (C=O) groups excluding carboxylic acids is 2. The van der Waals surface area contributed by atoms with Crippen LogP contribution in [0.25, 0.3) is 0 Å². The summed E-state index contributed by atoms with van der Waals surface area (Å²) in [4.78, 5) is 26.4. The highest BCUT2D eigenvalue weighted by atomic mass is 16.5. The molecule has 0 heterocycles. The van der Waals surface area contributed by atoms with Crippen LogP contribution in [0.3, 0.4) is 0 Å². The zero-order chi connectivity index (χ0) is 30.6. The van der Waals surface area contributed by atoms with Crippen molar-refractivity contribution in [2.75, 3.05) is 7.11 Å². The lowest BCUT2D eigenvalue weighted by atomic mass is 10.1. The Kier molecular flexibility index (Phi) is 10.2. The molecule has 0 aliphatic heterocycles. The fourth-order valence-corrected chi connectivity index (χ4v) is 4.52. The predicted octanol–water partition coefficient (Wildman–Crippen LogP) is 7.07. The number of amides is 1. The molecule has 0 aromatic heterocycles. The van der Waals surface area contributed by atoms with Crippen molar-refractivity contribution >= 4 is 11.9 Å². The monoisotopic (exact) mass is 587 g/mol. The lowest BCUT2D eigenvalue weighted by molar-refractivity contribution is -0.143. The van der Waals surface area contributed by atoms with Crippen LogP contribution < -0.4 is 19.5 Å². The molecule has 222 valence electrons. The number of methoxy groups -OCH3 is 1. The van der Waals surface area contributed by atoms with E-state index in [1.807, 2.05) is 97.1 Å². The summed E-state index contributed by atoms with van der Waals surface area (Å²) in [5.74, 6) is -0.0732. The first kappa shape index (κ1) is 29.9. The summed E-state index contributed by atoms with van der Waals surface area (Å²) in [5.41, 5.74) is 3.67. The summed E-state index contributed by atoms with van der Waals surface area (Å²) in [6.45, 7) is 0.731. The van der Waals surface area contributed by atoms with Gasteiger partial charge in [0.15, 0.2) is 17.5 Å². The standard InChI is InChI=1S/C37H33NO6/c1-41-37(40)34(30-20-12-5-13-21-30)38-36(39)31-22-32(42-24-27-14-6-2-7-15-27)35(44-26-29-18-10-4-11-19-29)33(23-31)43-25-28-16-8-3-9-17-28/h2-23,34H,24-26H2,1H3,(H,38,39)/t34-/m0/s1. The van der Waals surface area contributed by atoms with E-state index >= 15 is 0 Å². The fraction of sp³-hybridized carbons (Fsp3) is 0.135. The lowest BCUT2D eigenvalue weighted by Crippen LogP contribution is -2.34. The molecule has 0 aliphatic rings. The molecule has 0 saturated carbocycles. The van der Waals surface area contributed by atoms with Gasteiger partial charge in [0.05, 0.1) is 7.11 Å². The molecule has 0 unspecified atom stereocenters. The molecule has 7 nitrogen and oxygen atoms in total. The van der Waals surface area contributed by atoms with Gasteiger partial charge in [0.1, 0.15) is 19.8 Å². The third-order valence-electron chi connectivity index (χ3n) is 6.83. The Morgan fingerprint density at radius 2 is 1.00 bits per heavy atom. The summed E-state index contributed by atoms with van der Waals surface area (Å²) in [7, 11) is 1.29. The van der Waals surface area contributed by atoms with Crippen LogP contribution in [0.15, 0.2) is 133 Å². The molecule has 0 aliphatic carbocycles. The molecular formula is C37H33NO6. The molecular weight excluding hydrogens is 554 g/mol. The second-order valence-electron chi connectivity index (χ2n) is 9.96. The molecule has 5 aromatic carbocycles. The van der Waals surface area contributed by atoms with Gasteiger partial charge in [-0.15, -0.1) is 0 Å². The number of rotatable bonds is 13. The molecule has 44 heavy (non-hydrogen) atoms. The van der Waals surface area contributed by atoms with Crippen LogP contribution in [0.5, 0.6) is 17.2 Å². The average molecular weight is 588 g/mol. The van der Waals surface area contributed by atoms with Crippen LogP contribution in [0.1, 0.15) is 38.7 Å². The minimum Gasteiger partial charge on any atom is -0.485 e. The molecule has 0 saturated heterocycles. The first-order valence-corrected chi connectivity index (χ1v) is 14.2. The SMILES string of the molecule is COC(=O)[C@@H](NC(=O)c1cc(OCc2ccccc2)c(OCc2ccccc2)c(OCc2ccccc2)c1)c1ccccc1. The molecule has 5 rings (SSSR count). The number of carbonyl (C=O) groups is 2. The van der Waals surface area contributed by atoms with Gasteiger partial charge in [0.2, 0.25) is 5.75 Å². The van der Waals surface area contributed by atoms with E-state index < -0.39 is 17.9 Å². The molecule has 1 atom stereocenters. The Hall–Kier alpha value is -5.56. The Balaban J connectivity index is 1.51. The van der Waals surface area contributed by atoms with E-state index in [2.05, 4.69) is 5.32 Å². The molecule has 0 fully saturated rings. The van der Waals surface area contributed by atoms with E-state index in [4.69, 9.17) is 18.9 Å². The van der Waals surface area contributed by atoms with Crippen molar-refractivity contribution < 1.29 is 28.5 Å². The maximum absolute atomic E-state index is 13.7. The van der Waals surface area contributed by atoms with Gasteiger partial charge in [-0.05, 0) is 34.4 Å². The van der Waals surface area contributed by atoms with Crippen molar-refractivity contribution in [2.45, 2.75) is 25.9 Å². The van der Waals surface area contributed by atoms with Gasteiger partial charge in [-0.2, -0.15) is 0 Å². The van der Waals surface area contributed by atoms with Gasteiger partial charge in [-0.1, -0.05) is 121 Å². The van der Waals surface area contributed by atoms with Crippen LogP contribution >= 0.6 is 0 Å². The van der Waals surface area contributed by atoms with Crippen LogP contribution in [0.4, 0.5) is 0 Å². The van der Waals surface area contributed by atoms with Crippen LogP contribution in [0.2, 0.25) is 0 Å². The van der Waals surface area contributed by atoms with Crippen molar-refractivity contribution in [1.82, 2.24) is 5.32 Å². The number of esters is 1. The van der Waals surface area contributed by atoms with E-state index in [1.165, 1.54) is 7.11 Å². The number of benzene rings is 5. The summed E-state index contributed by atoms with van der Waals surface area (Å²) < 4.78 is 23.9. The van der Waals surface area contributed by atoms with Crippen molar-refractivity contribution in [1.29, 1.82) is 0 Å². The van der Waals surface area contributed by atoms with Crippen LogP contribution in [-0.2, 0) is 29.4 Å². The largest absolute Gasteiger partial charge is 0.485 e. The van der Waals surface area contributed by atoms with E-state index in [1.54, 1.807) is 36.4 Å². The van der Waals surface area contributed by atoms with Crippen molar-refractivity contribution in [2.24, 2.45) is 0 Å². The topological polar surface area (TPSA) is 83.1 Å². The predicted molar refractivity (Wildman–Crippen MR) is 167 cm³/mol. The third-order valence-corrected chi connectivity index (χ3v) is 6.83. The number of hydrogen-bond donors (Lipinski definition) is 1. The average Bonchev–Trinajstić information content (AvgIpc) is 3.09. The van der Waals surface area contributed by atoms with Gasteiger partial charge in [-0.25, -0.2) is 4.79 Å². The molecule has 7 heteroatoms. The smallest absolute Gasteiger partial charge is 0.333 e. The van der Waals surface area contributed by atoms with Gasteiger partial charge < -0.3 is 24.3 Å². The normalized spacial score (nSPS) is 11.2. The van der Waals surface area contributed by atoms with Gasteiger partial charge in [0.25, 0.3) is 5.91 Å². The molecule has 0 bridgehead atoms. The molecule has 1 amide bonds. The molecule has 0 spiro atoms. The van der Waals surface area contributed by atoms with Crippen LogP contribution in [-0.4, -0.2) is 19.0 Å². The Labute approximate surface area is 257 Å². The van der Waals surface area contributed by atoms with Crippen molar-refractivity contribution in [3.63, 3.8) is 0 Å². The molecule has 5 aromatic rings. The number of ether oxygens (including phenoxy) is 4. The highest BCUT2D eigenvalue weighted by Crippen LogP contribution is 2.40. The van der Waals surface area contributed by atoms with Gasteiger partial charge in [0, 0.05) is 5.56 Å². The van der Waals surface area contributed by atoms with E-state index in [9.17, 15) is 9.59 Å². The Morgan fingerprint density at radius 1 is 0.591 bits per heavy atom. The highest BCUT2D eigenvalue weighted by Gasteiger charge is 2.26. The van der Waals surface area contributed by atoms with Gasteiger partial charge >= 0.3 is 5.97 Å². The minimum atomic E-state index is -1.01. The summed E-state index contributed by atoms with van der Waals surface area (Å²) >= 11 is 0. The van der Waals surface area contributed by atoms with E-state index in [-0.39, 0.29) is 25.4 Å². The summed E-state index contributed by atoms with van der Waals surface area (Å²) in [6.07, 6.45) is 0. The first-order valence-electron chi connectivity index (χ1n) is 14.2. The van der Waals surface area contributed by atoms with Crippen molar-refractivity contribution in [3.05, 3.63) is 161 Å². The second kappa shape index (κ2) is 15.1. The number of hydrogen-bond acceptors (Lipinski definition) is 6. The van der Waals surface area contributed by atoms with Gasteiger partial charge in [-0.3, -0.25) is 4.79 Å². The van der Waals surface area contributed by atoms with E-state index in [0.29, 0.717) is 22.8 Å². The Morgan fingerprint density at radius 3 is 1.43 bits per heavy atom. The van der Waals surface area contributed by atoms with Crippen LogP contribution in [0, 0.1) is 0 Å². The molecule has 0 radical (unpaired) electrons. The maximum atomic E-state index is 13.7. The first-order chi connectivity index (χ1) is 21.6. The number of nitrogens with one attached hydrogen (secondary N) is 1. The third kappa shape index (κ3) is 8.04. The maximum Gasteiger partial charge on any atom is 0.333 e. The van der Waals surface area contributed by atoms with E-state index in [0.717, 1.165) is 16.7 Å². The fourth-order valence-electron chi connectivity index (χ4n) is 4.52. The Bertz CT molecular complexity index is 1580. The zero-order valence-corrected chi connectivity index (χ0v) is 24.3. The zero-order valence-electron chi connectivity index (χ0n) is 24.3. The van der Waals surface area contributed by atoms with Crippen molar-refractivity contribution in [3.8, 4) is 17.2 Å². The summed E-state index contributed by atoms with van der Waals surface area (Å²) in [5, 5.41) is 2.81. The quantitative estimate of drug-likeness (QED) is 0.148. The summed E-state index contributed by atoms with van der Waals surface area (Å²) in [6, 6.07) is 40.3. The lowest BCUT2D eigenvalue weighted by Gasteiger charge is -2.20. The minimum absolute atomic E-state index is 0.230. The highest BCUT2D eigenvalue weighted by molar-refractivity contribution is 5.98.